The molecule has 1 aliphatic carbocycles. The summed E-state index contributed by atoms with van der Waals surface area (Å²) in [6, 6.07) is 0.0798. The average molecular weight is 271 g/mol. The van der Waals surface area contributed by atoms with Crippen molar-refractivity contribution in [2.45, 2.75) is 57.0 Å². The first-order valence-electron chi connectivity index (χ1n) is 6.56. The van der Waals surface area contributed by atoms with Gasteiger partial charge in [-0.2, -0.15) is 5.10 Å². The molecule has 1 heterocycles. The molecule has 1 aliphatic rings. The van der Waals surface area contributed by atoms with E-state index in [1.165, 1.54) is 6.20 Å². The second-order valence-electron chi connectivity index (χ2n) is 5.11. The van der Waals surface area contributed by atoms with E-state index in [9.17, 15) is 8.42 Å². The molecule has 0 aromatic carbocycles. The summed E-state index contributed by atoms with van der Waals surface area (Å²) in [4.78, 5) is 0.267. The van der Waals surface area contributed by atoms with Gasteiger partial charge in [0.25, 0.3) is 0 Å². The van der Waals surface area contributed by atoms with Gasteiger partial charge >= 0.3 is 0 Å². The first-order valence-corrected chi connectivity index (χ1v) is 8.04. The zero-order valence-electron chi connectivity index (χ0n) is 11.0. The first-order chi connectivity index (χ1) is 8.51. The molecule has 1 N–H and O–H groups in total. The standard InChI is InChI=1S/C12H21N3O2S/c1-3-15-9-12(8-13-15)18(16,17)14-11-6-4-10(2)5-7-11/h8-11,14H,3-7H2,1-2H3. The second kappa shape index (κ2) is 5.40. The summed E-state index contributed by atoms with van der Waals surface area (Å²) in [5, 5.41) is 4.00. The van der Waals surface area contributed by atoms with Crippen molar-refractivity contribution in [2.75, 3.05) is 0 Å². The lowest BCUT2D eigenvalue weighted by Crippen LogP contribution is -2.37. The van der Waals surface area contributed by atoms with Gasteiger partial charge in [-0.15, -0.1) is 0 Å². The van der Waals surface area contributed by atoms with Gasteiger partial charge in [-0.25, -0.2) is 13.1 Å². The van der Waals surface area contributed by atoms with Crippen molar-refractivity contribution in [3.63, 3.8) is 0 Å². The summed E-state index contributed by atoms with van der Waals surface area (Å²) >= 11 is 0. The summed E-state index contributed by atoms with van der Waals surface area (Å²) in [6.07, 6.45) is 7.05. The summed E-state index contributed by atoms with van der Waals surface area (Å²) < 4.78 is 28.7. The molecule has 0 atom stereocenters. The molecule has 0 aliphatic heterocycles. The highest BCUT2D eigenvalue weighted by Crippen LogP contribution is 2.24. The molecule has 5 nitrogen and oxygen atoms in total. The van der Waals surface area contributed by atoms with Gasteiger partial charge in [-0.05, 0) is 38.5 Å². The Kier molecular flexibility index (Phi) is 4.07. The Labute approximate surface area is 109 Å². The Bertz CT molecular complexity index is 487. The molecule has 102 valence electrons. The molecule has 0 spiro atoms. The third kappa shape index (κ3) is 3.11. The molecule has 18 heavy (non-hydrogen) atoms. The van der Waals surface area contributed by atoms with E-state index in [0.29, 0.717) is 12.5 Å². The van der Waals surface area contributed by atoms with Crippen LogP contribution in [0.5, 0.6) is 0 Å². The maximum atomic E-state index is 12.1. The molecule has 0 amide bonds. The summed E-state index contributed by atoms with van der Waals surface area (Å²) in [7, 11) is -3.40. The van der Waals surface area contributed by atoms with Crippen LogP contribution in [0.1, 0.15) is 39.5 Å². The van der Waals surface area contributed by atoms with E-state index in [1.807, 2.05) is 6.92 Å². The molecule has 1 aromatic rings. The van der Waals surface area contributed by atoms with Crippen molar-refractivity contribution < 1.29 is 8.42 Å². The zero-order chi connectivity index (χ0) is 13.2. The lowest BCUT2D eigenvalue weighted by molar-refractivity contribution is 0.332. The van der Waals surface area contributed by atoms with Gasteiger partial charge in [0.05, 0.1) is 6.20 Å². The molecule has 0 radical (unpaired) electrons. The number of nitrogens with zero attached hydrogens (tertiary/aromatic N) is 2. The Morgan fingerprint density at radius 1 is 1.39 bits per heavy atom. The molecule has 0 unspecified atom stereocenters. The lowest BCUT2D eigenvalue weighted by atomic mass is 9.88. The number of hydrogen-bond donors (Lipinski definition) is 1. The SMILES string of the molecule is CCn1cc(S(=O)(=O)NC2CCC(C)CC2)cn1. The van der Waals surface area contributed by atoms with Gasteiger partial charge < -0.3 is 0 Å². The third-order valence-electron chi connectivity index (χ3n) is 3.58. The lowest BCUT2D eigenvalue weighted by Gasteiger charge is -2.26. The van der Waals surface area contributed by atoms with Crippen LogP contribution in [0.2, 0.25) is 0 Å². The predicted octanol–water partition coefficient (Wildman–Crippen LogP) is 1.76. The van der Waals surface area contributed by atoms with Gasteiger partial charge in [0, 0.05) is 18.8 Å². The number of hydrogen-bond acceptors (Lipinski definition) is 3. The monoisotopic (exact) mass is 271 g/mol. The van der Waals surface area contributed by atoms with Crippen molar-refractivity contribution in [1.82, 2.24) is 14.5 Å². The topological polar surface area (TPSA) is 64.0 Å². The molecule has 2 rings (SSSR count). The molecule has 1 fully saturated rings. The molecular formula is C12H21N3O2S. The number of aromatic nitrogens is 2. The Hall–Kier alpha value is -0.880. The zero-order valence-corrected chi connectivity index (χ0v) is 11.8. The van der Waals surface area contributed by atoms with Gasteiger partial charge in [-0.1, -0.05) is 6.92 Å². The van der Waals surface area contributed by atoms with Crippen LogP contribution in [0.3, 0.4) is 0 Å². The Balaban J connectivity index is 2.03. The van der Waals surface area contributed by atoms with Crippen LogP contribution in [-0.4, -0.2) is 24.2 Å². The summed E-state index contributed by atoms with van der Waals surface area (Å²) in [5.41, 5.74) is 0. The summed E-state index contributed by atoms with van der Waals surface area (Å²) in [6.45, 7) is 4.83. The van der Waals surface area contributed by atoms with Crippen molar-refractivity contribution in [3.05, 3.63) is 12.4 Å². The third-order valence-corrected chi connectivity index (χ3v) is 5.06. The normalized spacial score (nSPS) is 25.2. The average Bonchev–Trinajstić information content (AvgIpc) is 2.81. The van der Waals surface area contributed by atoms with E-state index >= 15 is 0 Å². The molecular weight excluding hydrogens is 250 g/mol. The highest BCUT2D eigenvalue weighted by molar-refractivity contribution is 7.89. The quantitative estimate of drug-likeness (QED) is 0.907. The fourth-order valence-corrected chi connectivity index (χ4v) is 3.58. The number of rotatable bonds is 4. The Morgan fingerprint density at radius 2 is 2.06 bits per heavy atom. The van der Waals surface area contributed by atoms with E-state index in [-0.39, 0.29) is 10.9 Å². The minimum Gasteiger partial charge on any atom is -0.272 e. The predicted molar refractivity (Wildman–Crippen MR) is 69.6 cm³/mol. The van der Waals surface area contributed by atoms with Gasteiger partial charge in [-0.3, -0.25) is 4.68 Å². The first kappa shape index (κ1) is 13.5. The van der Waals surface area contributed by atoms with Crippen LogP contribution < -0.4 is 4.72 Å². The molecule has 1 aromatic heterocycles. The van der Waals surface area contributed by atoms with Gasteiger partial charge in [0.15, 0.2) is 0 Å². The van der Waals surface area contributed by atoms with E-state index < -0.39 is 10.0 Å². The Morgan fingerprint density at radius 3 is 2.61 bits per heavy atom. The van der Waals surface area contributed by atoms with Crippen molar-refractivity contribution in [1.29, 1.82) is 0 Å². The highest BCUT2D eigenvalue weighted by atomic mass is 32.2. The molecule has 0 bridgehead atoms. The van der Waals surface area contributed by atoms with Gasteiger partial charge in [0.1, 0.15) is 4.90 Å². The summed E-state index contributed by atoms with van der Waals surface area (Å²) in [5.74, 6) is 0.716. The van der Waals surface area contributed by atoms with E-state index in [2.05, 4.69) is 16.7 Å². The van der Waals surface area contributed by atoms with Crippen LogP contribution in [0.4, 0.5) is 0 Å². The van der Waals surface area contributed by atoms with Crippen LogP contribution >= 0.6 is 0 Å². The number of nitrogens with one attached hydrogen (secondary N) is 1. The maximum absolute atomic E-state index is 12.1. The molecule has 6 heteroatoms. The number of aryl methyl sites for hydroxylation is 1. The van der Waals surface area contributed by atoms with Gasteiger partial charge in [0.2, 0.25) is 10.0 Å². The van der Waals surface area contributed by atoms with Crippen LogP contribution in [0, 0.1) is 5.92 Å². The molecule has 0 saturated heterocycles. The van der Waals surface area contributed by atoms with Crippen molar-refractivity contribution in [3.8, 4) is 0 Å². The van der Waals surface area contributed by atoms with Crippen LogP contribution in [0.15, 0.2) is 17.3 Å². The fourth-order valence-electron chi connectivity index (χ4n) is 2.32. The smallest absolute Gasteiger partial charge is 0.243 e. The van der Waals surface area contributed by atoms with E-state index in [4.69, 9.17) is 0 Å². The van der Waals surface area contributed by atoms with Crippen LogP contribution in [0.25, 0.3) is 0 Å². The van der Waals surface area contributed by atoms with Crippen LogP contribution in [-0.2, 0) is 16.6 Å². The van der Waals surface area contributed by atoms with Crippen molar-refractivity contribution >= 4 is 10.0 Å². The highest BCUT2D eigenvalue weighted by Gasteiger charge is 2.24. The van der Waals surface area contributed by atoms with E-state index in [0.717, 1.165) is 25.7 Å². The second-order valence-corrected chi connectivity index (χ2v) is 6.82. The van der Waals surface area contributed by atoms with E-state index in [1.54, 1.807) is 10.9 Å². The fraction of sp³-hybridized carbons (Fsp3) is 0.750. The van der Waals surface area contributed by atoms with Crippen molar-refractivity contribution in [2.24, 2.45) is 5.92 Å². The molecule has 1 saturated carbocycles. The largest absolute Gasteiger partial charge is 0.272 e. The minimum atomic E-state index is -3.40. The number of sulfonamides is 1. The minimum absolute atomic E-state index is 0.0798. The maximum Gasteiger partial charge on any atom is 0.243 e.